The first kappa shape index (κ1) is 8.52. The molecule has 0 fully saturated rings. The molecule has 0 N–H and O–H groups in total. The zero-order valence-electron chi connectivity index (χ0n) is 7.57. The van der Waals surface area contributed by atoms with Gasteiger partial charge in [-0.1, -0.05) is 12.1 Å². The van der Waals surface area contributed by atoms with Crippen LogP contribution in [-0.2, 0) is 0 Å². The van der Waals surface area contributed by atoms with Gasteiger partial charge in [0.05, 0.1) is 0 Å². The van der Waals surface area contributed by atoms with E-state index in [0.717, 1.165) is 10.9 Å². The topological polar surface area (TPSA) is 54.0 Å². The van der Waals surface area contributed by atoms with Gasteiger partial charge in [0.2, 0.25) is 0 Å². The molecular weight excluding hydrogens is 178 g/mol. The Morgan fingerprint density at radius 3 is 2.86 bits per heavy atom. The second kappa shape index (κ2) is 3.00. The third-order valence-corrected chi connectivity index (χ3v) is 2.01. The number of hydrogen-bond donors (Lipinski definition) is 0. The molecule has 2 rings (SSSR count). The van der Waals surface area contributed by atoms with E-state index in [1.54, 1.807) is 18.2 Å². The average Bonchev–Trinajstić information content (AvgIpc) is 2.16. The maximum absolute atomic E-state index is 11.2. The Kier molecular flexibility index (Phi) is 1.83. The van der Waals surface area contributed by atoms with Crippen LogP contribution in [0, 0.1) is 18.3 Å². The predicted octanol–water partition coefficient (Wildman–Crippen LogP) is 1.97. The Labute approximate surface area is 80.2 Å². The van der Waals surface area contributed by atoms with Crippen molar-refractivity contribution in [2.75, 3.05) is 0 Å². The molecule has 0 atom stereocenters. The highest BCUT2D eigenvalue weighted by molar-refractivity contribution is 5.78. The van der Waals surface area contributed by atoms with E-state index in [9.17, 15) is 4.79 Å². The summed E-state index contributed by atoms with van der Waals surface area (Å²) in [6, 6.07) is 8.85. The number of aryl methyl sites for hydroxylation is 1. The molecule has 1 aromatic carbocycles. The van der Waals surface area contributed by atoms with Crippen LogP contribution >= 0.6 is 0 Å². The molecule has 14 heavy (non-hydrogen) atoms. The first-order valence-electron chi connectivity index (χ1n) is 4.15. The van der Waals surface area contributed by atoms with Gasteiger partial charge in [0.25, 0.3) is 0 Å². The predicted molar refractivity (Wildman–Crippen MR) is 51.9 cm³/mol. The van der Waals surface area contributed by atoms with E-state index >= 15 is 0 Å². The smallest absolute Gasteiger partial charge is 0.354 e. The summed E-state index contributed by atoms with van der Waals surface area (Å²) in [7, 11) is 0. The lowest BCUT2D eigenvalue weighted by Gasteiger charge is -1.97. The first-order chi connectivity index (χ1) is 6.70. The van der Waals surface area contributed by atoms with Crippen molar-refractivity contribution in [3.05, 3.63) is 45.8 Å². The van der Waals surface area contributed by atoms with Crippen LogP contribution in [0.3, 0.4) is 0 Å². The maximum Gasteiger partial charge on any atom is 0.354 e. The van der Waals surface area contributed by atoms with Crippen molar-refractivity contribution in [2.24, 2.45) is 0 Å². The molecule has 2 aromatic rings. The average molecular weight is 185 g/mol. The highest BCUT2D eigenvalue weighted by atomic mass is 16.4. The van der Waals surface area contributed by atoms with Gasteiger partial charge in [-0.2, -0.15) is 5.26 Å². The van der Waals surface area contributed by atoms with Crippen LogP contribution in [0.15, 0.2) is 33.5 Å². The molecule has 0 radical (unpaired) electrons. The standard InChI is InChI=1S/C11H7NO2/c1-7-2-3-8-5-9(6-12)11(13)14-10(8)4-7/h2-5H,1H3. The van der Waals surface area contributed by atoms with E-state index in [1.165, 1.54) is 0 Å². The Morgan fingerprint density at radius 2 is 2.14 bits per heavy atom. The SMILES string of the molecule is Cc1ccc2cc(C#N)c(=O)oc2c1. The third kappa shape index (κ3) is 1.27. The second-order valence-corrected chi connectivity index (χ2v) is 3.10. The number of nitrogens with zero attached hydrogens (tertiary/aromatic N) is 1. The van der Waals surface area contributed by atoms with Gasteiger partial charge in [-0.3, -0.25) is 0 Å². The molecule has 0 saturated heterocycles. The van der Waals surface area contributed by atoms with E-state index in [0.29, 0.717) is 5.58 Å². The molecule has 3 nitrogen and oxygen atoms in total. The van der Waals surface area contributed by atoms with Gasteiger partial charge >= 0.3 is 5.63 Å². The van der Waals surface area contributed by atoms with Gasteiger partial charge in [-0.25, -0.2) is 4.79 Å². The number of fused-ring (bicyclic) bond motifs is 1. The van der Waals surface area contributed by atoms with Gasteiger partial charge in [-0.15, -0.1) is 0 Å². The van der Waals surface area contributed by atoms with Gasteiger partial charge in [0.1, 0.15) is 17.2 Å². The van der Waals surface area contributed by atoms with Gasteiger partial charge < -0.3 is 4.42 Å². The fourth-order valence-corrected chi connectivity index (χ4v) is 1.30. The third-order valence-electron chi connectivity index (χ3n) is 2.01. The van der Waals surface area contributed by atoms with Crippen molar-refractivity contribution in [1.82, 2.24) is 0 Å². The zero-order valence-corrected chi connectivity index (χ0v) is 7.57. The van der Waals surface area contributed by atoms with Crippen LogP contribution in [0.5, 0.6) is 0 Å². The van der Waals surface area contributed by atoms with Crippen LogP contribution in [0.2, 0.25) is 0 Å². The highest BCUT2D eigenvalue weighted by Crippen LogP contribution is 2.14. The largest absolute Gasteiger partial charge is 0.422 e. The van der Waals surface area contributed by atoms with Crippen molar-refractivity contribution in [1.29, 1.82) is 5.26 Å². The lowest BCUT2D eigenvalue weighted by atomic mass is 10.1. The first-order valence-corrected chi connectivity index (χ1v) is 4.15. The minimum absolute atomic E-state index is 0.0429. The molecular formula is C11H7NO2. The molecule has 68 valence electrons. The Morgan fingerprint density at radius 1 is 1.36 bits per heavy atom. The summed E-state index contributed by atoms with van der Waals surface area (Å²) in [5.41, 5.74) is 1.01. The van der Waals surface area contributed by atoms with Crippen LogP contribution in [0.4, 0.5) is 0 Å². The fraction of sp³-hybridized carbons (Fsp3) is 0.0909. The molecule has 0 aliphatic heterocycles. The molecule has 3 heteroatoms. The van der Waals surface area contributed by atoms with E-state index in [-0.39, 0.29) is 5.56 Å². The molecule has 0 unspecified atom stereocenters. The summed E-state index contributed by atoms with van der Waals surface area (Å²) in [6.45, 7) is 1.91. The van der Waals surface area contributed by atoms with E-state index in [1.807, 2.05) is 19.1 Å². The lowest BCUT2D eigenvalue weighted by Crippen LogP contribution is -2.02. The Bertz CT molecular complexity index is 590. The summed E-state index contributed by atoms with van der Waals surface area (Å²) >= 11 is 0. The summed E-state index contributed by atoms with van der Waals surface area (Å²) in [5, 5.41) is 9.39. The van der Waals surface area contributed by atoms with Crippen molar-refractivity contribution in [3.8, 4) is 6.07 Å². The normalized spacial score (nSPS) is 10.0. The minimum Gasteiger partial charge on any atom is -0.422 e. The summed E-state index contributed by atoms with van der Waals surface area (Å²) in [6.07, 6.45) is 0. The maximum atomic E-state index is 11.2. The van der Waals surface area contributed by atoms with E-state index in [2.05, 4.69) is 0 Å². The number of benzene rings is 1. The molecule has 0 amide bonds. The minimum atomic E-state index is -0.578. The van der Waals surface area contributed by atoms with Crippen molar-refractivity contribution in [3.63, 3.8) is 0 Å². The van der Waals surface area contributed by atoms with Crippen molar-refractivity contribution >= 4 is 11.0 Å². The van der Waals surface area contributed by atoms with Crippen LogP contribution < -0.4 is 5.63 Å². The number of hydrogen-bond acceptors (Lipinski definition) is 3. The summed E-state index contributed by atoms with van der Waals surface area (Å²) in [4.78, 5) is 11.2. The quantitative estimate of drug-likeness (QED) is 0.589. The molecule has 1 aromatic heterocycles. The zero-order chi connectivity index (χ0) is 10.1. The second-order valence-electron chi connectivity index (χ2n) is 3.10. The monoisotopic (exact) mass is 185 g/mol. The fourth-order valence-electron chi connectivity index (χ4n) is 1.30. The molecule has 0 aliphatic rings. The summed E-state index contributed by atoms with van der Waals surface area (Å²) < 4.78 is 4.99. The molecule has 0 aliphatic carbocycles. The Hall–Kier alpha value is -2.08. The Balaban J connectivity index is 2.88. The summed E-state index contributed by atoms with van der Waals surface area (Å²) in [5.74, 6) is 0. The molecule has 0 spiro atoms. The van der Waals surface area contributed by atoms with Gasteiger partial charge in [-0.05, 0) is 24.6 Å². The highest BCUT2D eigenvalue weighted by Gasteiger charge is 2.03. The lowest BCUT2D eigenvalue weighted by molar-refractivity contribution is 0.558. The number of rotatable bonds is 0. The van der Waals surface area contributed by atoms with Crippen LogP contribution in [0.25, 0.3) is 11.0 Å². The van der Waals surface area contributed by atoms with Crippen molar-refractivity contribution in [2.45, 2.75) is 6.92 Å². The molecule has 0 saturated carbocycles. The van der Waals surface area contributed by atoms with Crippen molar-refractivity contribution < 1.29 is 4.42 Å². The molecule has 1 heterocycles. The molecule has 0 bridgehead atoms. The number of nitriles is 1. The van der Waals surface area contributed by atoms with Gasteiger partial charge in [0.15, 0.2) is 0 Å². The van der Waals surface area contributed by atoms with Gasteiger partial charge in [0, 0.05) is 5.39 Å². The van der Waals surface area contributed by atoms with Crippen LogP contribution in [-0.4, -0.2) is 0 Å². The van der Waals surface area contributed by atoms with E-state index < -0.39 is 5.63 Å². The van der Waals surface area contributed by atoms with Crippen LogP contribution in [0.1, 0.15) is 11.1 Å². The van der Waals surface area contributed by atoms with E-state index in [4.69, 9.17) is 9.68 Å².